The Balaban J connectivity index is 2.03. The highest BCUT2D eigenvalue weighted by atomic mass is 19.4. The van der Waals surface area contributed by atoms with Gasteiger partial charge in [0.2, 0.25) is 5.41 Å². The van der Waals surface area contributed by atoms with Crippen LogP contribution in [0.3, 0.4) is 0 Å². The average Bonchev–Trinajstić information content (AvgIpc) is 2.84. The molecule has 0 bridgehead atoms. The molecule has 12 heteroatoms. The minimum atomic E-state index is -5.94. The van der Waals surface area contributed by atoms with Crippen molar-refractivity contribution < 1.29 is 54.9 Å². The van der Waals surface area contributed by atoms with Crippen molar-refractivity contribution in [1.82, 2.24) is 0 Å². The molecule has 4 rings (SSSR count). The third kappa shape index (κ3) is 3.05. The number of hydrogen-bond acceptors (Lipinski definition) is 6. The van der Waals surface area contributed by atoms with E-state index in [1.807, 2.05) is 0 Å². The molecule has 0 saturated carbocycles. The first kappa shape index (κ1) is 21.8. The Kier molecular flexibility index (Phi) is 4.81. The van der Waals surface area contributed by atoms with Gasteiger partial charge in [0.15, 0.2) is 6.79 Å². The molecule has 2 aliphatic heterocycles. The van der Waals surface area contributed by atoms with E-state index in [4.69, 9.17) is 4.74 Å². The van der Waals surface area contributed by atoms with E-state index in [-0.39, 0.29) is 11.1 Å². The van der Waals surface area contributed by atoms with Gasteiger partial charge >= 0.3 is 30.3 Å². The lowest BCUT2D eigenvalue weighted by Crippen LogP contribution is -2.55. The minimum Gasteiger partial charge on any atom is -0.435 e. The lowest BCUT2D eigenvalue weighted by molar-refractivity contribution is -0.288. The van der Waals surface area contributed by atoms with Gasteiger partial charge in [0.25, 0.3) is 0 Å². The predicted octanol–water partition coefficient (Wildman–Crippen LogP) is 4.05. The number of alkyl halides is 6. The maximum absolute atomic E-state index is 14.3. The van der Waals surface area contributed by atoms with Crippen LogP contribution < -0.4 is 0 Å². The summed E-state index contributed by atoms with van der Waals surface area (Å²) in [7, 11) is 0. The molecule has 2 heterocycles. The quantitative estimate of drug-likeness (QED) is 0.382. The smallest absolute Gasteiger partial charge is 0.411 e. The number of cyclic esters (lactones) is 3. The Bertz CT molecular complexity index is 1140. The van der Waals surface area contributed by atoms with Crippen molar-refractivity contribution in [2.75, 3.05) is 6.79 Å². The summed E-state index contributed by atoms with van der Waals surface area (Å²) in [6.45, 7) is -0.987. The lowest BCUT2D eigenvalue weighted by atomic mass is 9.71. The van der Waals surface area contributed by atoms with Crippen LogP contribution in [0.4, 0.5) is 26.3 Å². The number of esters is 3. The van der Waals surface area contributed by atoms with Crippen molar-refractivity contribution in [3.8, 4) is 0 Å². The van der Waals surface area contributed by atoms with Crippen LogP contribution in [0.5, 0.6) is 0 Å². The maximum atomic E-state index is 14.3. The molecule has 0 unspecified atom stereocenters. The van der Waals surface area contributed by atoms with Crippen LogP contribution in [0.1, 0.15) is 47.8 Å². The maximum Gasteiger partial charge on any atom is 0.411 e. The highest BCUT2D eigenvalue weighted by Crippen LogP contribution is 2.56. The summed E-state index contributed by atoms with van der Waals surface area (Å²) in [5, 5.41) is 0. The second-order valence-corrected chi connectivity index (χ2v) is 6.95. The average molecular weight is 460 g/mol. The van der Waals surface area contributed by atoms with E-state index < -0.39 is 71.3 Å². The van der Waals surface area contributed by atoms with Gasteiger partial charge in [-0.1, -0.05) is 18.2 Å². The lowest BCUT2D eigenvalue weighted by Gasteiger charge is -2.38. The Morgan fingerprint density at radius 3 is 1.88 bits per heavy atom. The van der Waals surface area contributed by atoms with E-state index >= 15 is 0 Å². The van der Waals surface area contributed by atoms with Crippen molar-refractivity contribution in [2.24, 2.45) is 0 Å². The van der Waals surface area contributed by atoms with Gasteiger partial charge < -0.3 is 14.2 Å². The van der Waals surface area contributed by atoms with E-state index in [1.54, 1.807) is 0 Å². The molecule has 2 aromatic carbocycles. The van der Waals surface area contributed by atoms with Gasteiger partial charge in [0.1, 0.15) is 0 Å². The van der Waals surface area contributed by atoms with Gasteiger partial charge in [-0.05, 0) is 34.9 Å². The topological polar surface area (TPSA) is 78.9 Å². The first-order valence-corrected chi connectivity index (χ1v) is 8.80. The highest BCUT2D eigenvalue weighted by Gasteiger charge is 2.72. The normalized spacial score (nSPS) is 16.8. The molecule has 0 aromatic heterocycles. The second kappa shape index (κ2) is 7.05. The number of rotatable bonds is 2. The fourth-order valence-corrected chi connectivity index (χ4v) is 3.77. The van der Waals surface area contributed by atoms with Gasteiger partial charge in [0.05, 0.1) is 23.3 Å². The van der Waals surface area contributed by atoms with Crippen LogP contribution in [0.15, 0.2) is 36.4 Å². The third-order valence-corrected chi connectivity index (χ3v) is 5.22. The molecule has 2 aliphatic rings. The van der Waals surface area contributed by atoms with E-state index in [9.17, 15) is 40.7 Å². The van der Waals surface area contributed by atoms with Crippen LogP contribution in [0.2, 0.25) is 0 Å². The summed E-state index contributed by atoms with van der Waals surface area (Å²) in [4.78, 5) is 35.3. The van der Waals surface area contributed by atoms with Crippen LogP contribution in [-0.4, -0.2) is 37.1 Å². The molecule has 2 aromatic rings. The molecule has 0 amide bonds. The molecule has 168 valence electrons. The SMILES string of the molecule is O=C1OCOCc2cc(C(c3ccc4c(c3)C(=O)OC4=O)(C(F)(F)F)C(F)(F)F)ccc21. The van der Waals surface area contributed by atoms with E-state index in [0.717, 1.165) is 6.07 Å². The number of halogens is 6. The Hall–Kier alpha value is -3.41. The molecule has 0 saturated heterocycles. The molecule has 0 spiro atoms. The molecular formula is C20H10F6O6. The summed E-state index contributed by atoms with van der Waals surface area (Å²) < 4.78 is 99.8. The Morgan fingerprint density at radius 2 is 1.25 bits per heavy atom. The van der Waals surface area contributed by atoms with Gasteiger partial charge in [-0.2, -0.15) is 26.3 Å². The number of hydrogen-bond donors (Lipinski definition) is 0. The zero-order chi connectivity index (χ0) is 23.5. The molecule has 0 radical (unpaired) electrons. The van der Waals surface area contributed by atoms with Crippen molar-refractivity contribution in [1.29, 1.82) is 0 Å². The summed E-state index contributed by atoms with van der Waals surface area (Å²) in [6.07, 6.45) is -11.9. The summed E-state index contributed by atoms with van der Waals surface area (Å²) in [5.74, 6) is -3.50. The molecule has 0 fully saturated rings. The number of ether oxygens (including phenoxy) is 3. The summed E-state index contributed by atoms with van der Waals surface area (Å²) in [5.41, 5.74) is -8.84. The zero-order valence-electron chi connectivity index (χ0n) is 15.6. The Labute approximate surface area is 174 Å². The number of benzene rings is 2. The molecule has 6 nitrogen and oxygen atoms in total. The number of carbonyl (C=O) groups is 3. The largest absolute Gasteiger partial charge is 0.435 e. The van der Waals surface area contributed by atoms with Crippen LogP contribution >= 0.6 is 0 Å². The van der Waals surface area contributed by atoms with Crippen LogP contribution in [0.25, 0.3) is 0 Å². The molecule has 32 heavy (non-hydrogen) atoms. The van der Waals surface area contributed by atoms with Crippen LogP contribution in [-0.2, 0) is 26.2 Å². The van der Waals surface area contributed by atoms with Crippen molar-refractivity contribution in [3.63, 3.8) is 0 Å². The highest BCUT2D eigenvalue weighted by molar-refractivity contribution is 6.14. The van der Waals surface area contributed by atoms with Gasteiger partial charge in [-0.3, -0.25) is 0 Å². The van der Waals surface area contributed by atoms with Crippen molar-refractivity contribution >= 4 is 17.9 Å². The van der Waals surface area contributed by atoms with Crippen LogP contribution in [0, 0.1) is 0 Å². The summed E-state index contributed by atoms with van der Waals surface area (Å²) >= 11 is 0. The minimum absolute atomic E-state index is 0.237. The summed E-state index contributed by atoms with van der Waals surface area (Å²) in [6, 6.07) is 3.37. The molecule has 0 N–H and O–H groups in total. The van der Waals surface area contributed by atoms with Gasteiger partial charge in [-0.15, -0.1) is 0 Å². The fraction of sp³-hybridized carbons (Fsp3) is 0.250. The predicted molar refractivity (Wildman–Crippen MR) is 90.6 cm³/mol. The van der Waals surface area contributed by atoms with Crippen molar-refractivity contribution in [3.05, 3.63) is 69.8 Å². The first-order valence-electron chi connectivity index (χ1n) is 8.80. The first-order chi connectivity index (χ1) is 14.9. The molecule has 0 atom stereocenters. The van der Waals surface area contributed by atoms with E-state index in [1.165, 1.54) is 0 Å². The third-order valence-electron chi connectivity index (χ3n) is 5.22. The number of carbonyl (C=O) groups excluding carboxylic acids is 3. The second-order valence-electron chi connectivity index (χ2n) is 6.95. The van der Waals surface area contributed by atoms with E-state index in [2.05, 4.69) is 9.47 Å². The fourth-order valence-electron chi connectivity index (χ4n) is 3.77. The Morgan fingerprint density at radius 1 is 0.688 bits per heavy atom. The zero-order valence-corrected chi connectivity index (χ0v) is 15.6. The van der Waals surface area contributed by atoms with Gasteiger partial charge in [-0.25, -0.2) is 14.4 Å². The number of fused-ring (bicyclic) bond motifs is 2. The van der Waals surface area contributed by atoms with Gasteiger partial charge in [0, 0.05) is 0 Å². The molecule has 0 aliphatic carbocycles. The molecular weight excluding hydrogens is 450 g/mol. The van der Waals surface area contributed by atoms with Crippen molar-refractivity contribution in [2.45, 2.75) is 24.4 Å². The monoisotopic (exact) mass is 460 g/mol. The standard InChI is InChI=1S/C20H10F6O6/c21-19(22,23)18(20(24,25)26,11-2-4-13-14(6-11)17(29)32-16(13)28)10-1-3-12-9(5-10)7-30-8-31-15(12)27/h1-6H,7-8H2. The van der Waals surface area contributed by atoms with E-state index in [0.29, 0.717) is 30.3 Å².